The molecule has 1 atom stereocenters. The second kappa shape index (κ2) is 4.74. The van der Waals surface area contributed by atoms with Gasteiger partial charge in [0.25, 0.3) is 0 Å². The molecule has 0 aromatic carbocycles. The summed E-state index contributed by atoms with van der Waals surface area (Å²) in [6.07, 6.45) is 5.97. The molecular weight excluding hydrogens is 164 g/mol. The summed E-state index contributed by atoms with van der Waals surface area (Å²) in [7, 11) is 0. The predicted octanol–water partition coefficient (Wildman–Crippen LogP) is 2.69. The van der Waals surface area contributed by atoms with Gasteiger partial charge in [0.05, 0.1) is 0 Å². The minimum Gasteiger partial charge on any atom is -0.464 e. The van der Waals surface area contributed by atoms with Gasteiger partial charge in [0, 0.05) is 0 Å². The molecular formula is C11H14O2. The maximum atomic E-state index is 5.44. The van der Waals surface area contributed by atoms with E-state index in [9.17, 15) is 0 Å². The fraction of sp³-hybridized carbons (Fsp3) is 0.455. The van der Waals surface area contributed by atoms with Crippen LogP contribution in [-0.4, -0.2) is 6.61 Å². The van der Waals surface area contributed by atoms with Crippen molar-refractivity contribution < 1.29 is 9.15 Å². The lowest BCUT2D eigenvalue weighted by Crippen LogP contribution is -2.01. The second-order valence-electron chi connectivity index (χ2n) is 2.86. The van der Waals surface area contributed by atoms with E-state index in [1.807, 2.05) is 26.0 Å². The Hall–Kier alpha value is -1.20. The first-order valence-electron chi connectivity index (χ1n) is 4.39. The van der Waals surface area contributed by atoms with Gasteiger partial charge in [0.2, 0.25) is 0 Å². The smallest absolute Gasteiger partial charge is 0.132 e. The van der Waals surface area contributed by atoms with Gasteiger partial charge in [0.1, 0.15) is 24.2 Å². The molecule has 1 aromatic heterocycles. The molecule has 2 heteroatoms. The summed E-state index contributed by atoms with van der Waals surface area (Å²) in [5.74, 6) is 4.20. The van der Waals surface area contributed by atoms with Crippen LogP contribution in [0.2, 0.25) is 0 Å². The molecule has 0 saturated heterocycles. The van der Waals surface area contributed by atoms with Crippen molar-refractivity contribution in [2.45, 2.75) is 26.4 Å². The molecule has 1 aromatic rings. The monoisotopic (exact) mass is 178 g/mol. The Labute approximate surface area is 78.9 Å². The Bertz CT molecular complexity index is 293. The van der Waals surface area contributed by atoms with Gasteiger partial charge >= 0.3 is 0 Å². The normalized spacial score (nSPS) is 12.4. The second-order valence-corrected chi connectivity index (χ2v) is 2.86. The van der Waals surface area contributed by atoms with Gasteiger partial charge in [0.15, 0.2) is 0 Å². The van der Waals surface area contributed by atoms with Crippen LogP contribution in [0.5, 0.6) is 0 Å². The lowest BCUT2D eigenvalue weighted by Gasteiger charge is -2.10. The van der Waals surface area contributed by atoms with Crippen molar-refractivity contribution >= 4 is 0 Å². The Balaban J connectivity index is 2.62. The van der Waals surface area contributed by atoms with Crippen molar-refractivity contribution in [2.75, 3.05) is 6.61 Å². The first-order chi connectivity index (χ1) is 6.27. The third kappa shape index (κ3) is 2.64. The number of hydrogen-bond acceptors (Lipinski definition) is 2. The highest BCUT2D eigenvalue weighted by atomic mass is 16.5. The zero-order valence-electron chi connectivity index (χ0n) is 8.04. The maximum Gasteiger partial charge on any atom is 0.132 e. The summed E-state index contributed by atoms with van der Waals surface area (Å²) < 4.78 is 10.8. The number of aryl methyl sites for hydroxylation is 1. The van der Waals surface area contributed by atoms with Gasteiger partial charge in [-0.25, -0.2) is 0 Å². The van der Waals surface area contributed by atoms with Crippen LogP contribution in [0, 0.1) is 19.3 Å². The summed E-state index contributed by atoms with van der Waals surface area (Å²) >= 11 is 0. The summed E-state index contributed by atoms with van der Waals surface area (Å²) in [5.41, 5.74) is 0. The van der Waals surface area contributed by atoms with E-state index in [-0.39, 0.29) is 6.10 Å². The van der Waals surface area contributed by atoms with Gasteiger partial charge in [-0.15, -0.1) is 6.42 Å². The molecule has 0 aliphatic carbocycles. The van der Waals surface area contributed by atoms with Crippen molar-refractivity contribution in [1.29, 1.82) is 0 Å². The fourth-order valence-electron chi connectivity index (χ4n) is 1.18. The Morgan fingerprint density at radius 1 is 1.62 bits per heavy atom. The van der Waals surface area contributed by atoms with Crippen LogP contribution in [0.1, 0.15) is 31.0 Å². The molecule has 0 aliphatic heterocycles. The Kier molecular flexibility index (Phi) is 3.60. The minimum absolute atomic E-state index is 0.00949. The van der Waals surface area contributed by atoms with Gasteiger partial charge in [-0.3, -0.25) is 0 Å². The van der Waals surface area contributed by atoms with Crippen molar-refractivity contribution in [1.82, 2.24) is 0 Å². The van der Waals surface area contributed by atoms with Crippen LogP contribution >= 0.6 is 0 Å². The van der Waals surface area contributed by atoms with Crippen LogP contribution in [-0.2, 0) is 4.74 Å². The zero-order chi connectivity index (χ0) is 9.68. The topological polar surface area (TPSA) is 22.4 Å². The summed E-state index contributed by atoms with van der Waals surface area (Å²) in [6.45, 7) is 4.29. The fourth-order valence-corrected chi connectivity index (χ4v) is 1.18. The molecule has 2 nitrogen and oxygen atoms in total. The highest BCUT2D eigenvalue weighted by Gasteiger charge is 2.12. The minimum atomic E-state index is -0.00949. The van der Waals surface area contributed by atoms with Crippen molar-refractivity contribution in [3.63, 3.8) is 0 Å². The number of hydrogen-bond donors (Lipinski definition) is 0. The van der Waals surface area contributed by atoms with Crippen molar-refractivity contribution in [3.05, 3.63) is 23.7 Å². The summed E-state index contributed by atoms with van der Waals surface area (Å²) in [4.78, 5) is 0. The molecule has 70 valence electrons. The third-order valence-corrected chi connectivity index (χ3v) is 1.82. The SMILES string of the molecule is C#CCOC(CC)c1ccc(C)o1. The average Bonchev–Trinajstić information content (AvgIpc) is 2.54. The first kappa shape index (κ1) is 9.88. The lowest BCUT2D eigenvalue weighted by atomic mass is 10.2. The lowest BCUT2D eigenvalue weighted by molar-refractivity contribution is 0.0574. The molecule has 0 radical (unpaired) electrons. The first-order valence-corrected chi connectivity index (χ1v) is 4.39. The Morgan fingerprint density at radius 2 is 2.38 bits per heavy atom. The quantitative estimate of drug-likeness (QED) is 0.661. The molecule has 1 rings (SSSR count). The van der Waals surface area contributed by atoms with E-state index < -0.39 is 0 Å². The molecule has 13 heavy (non-hydrogen) atoms. The van der Waals surface area contributed by atoms with Gasteiger partial charge < -0.3 is 9.15 Å². The molecule has 0 saturated carbocycles. The highest BCUT2D eigenvalue weighted by molar-refractivity contribution is 5.08. The van der Waals surface area contributed by atoms with Crippen LogP contribution in [0.15, 0.2) is 16.5 Å². The number of furan rings is 1. The Morgan fingerprint density at radius 3 is 2.85 bits per heavy atom. The highest BCUT2D eigenvalue weighted by Crippen LogP contribution is 2.22. The van der Waals surface area contributed by atoms with E-state index in [2.05, 4.69) is 5.92 Å². The van der Waals surface area contributed by atoms with Crippen LogP contribution in [0.4, 0.5) is 0 Å². The molecule has 1 heterocycles. The number of rotatable bonds is 4. The van der Waals surface area contributed by atoms with Gasteiger partial charge in [-0.1, -0.05) is 12.8 Å². The van der Waals surface area contributed by atoms with E-state index in [0.717, 1.165) is 17.9 Å². The zero-order valence-corrected chi connectivity index (χ0v) is 8.04. The predicted molar refractivity (Wildman–Crippen MR) is 51.3 cm³/mol. The van der Waals surface area contributed by atoms with Crippen LogP contribution in [0.25, 0.3) is 0 Å². The van der Waals surface area contributed by atoms with Crippen molar-refractivity contribution in [3.8, 4) is 12.3 Å². The molecule has 0 fully saturated rings. The van der Waals surface area contributed by atoms with Crippen LogP contribution < -0.4 is 0 Å². The number of ether oxygens (including phenoxy) is 1. The molecule has 0 amide bonds. The number of terminal acetylenes is 1. The molecule has 0 N–H and O–H groups in total. The molecule has 0 bridgehead atoms. The largest absolute Gasteiger partial charge is 0.464 e. The van der Waals surface area contributed by atoms with Gasteiger partial charge in [-0.2, -0.15) is 0 Å². The van der Waals surface area contributed by atoms with Crippen LogP contribution in [0.3, 0.4) is 0 Å². The van der Waals surface area contributed by atoms with Gasteiger partial charge in [-0.05, 0) is 25.5 Å². The maximum absolute atomic E-state index is 5.44. The molecule has 0 spiro atoms. The third-order valence-electron chi connectivity index (χ3n) is 1.82. The van der Waals surface area contributed by atoms with E-state index in [0.29, 0.717) is 6.61 Å². The van der Waals surface area contributed by atoms with E-state index in [1.165, 1.54) is 0 Å². The standard InChI is InChI=1S/C11H14O2/c1-4-8-12-10(5-2)11-7-6-9(3)13-11/h1,6-7,10H,5,8H2,2-3H3. The summed E-state index contributed by atoms with van der Waals surface area (Å²) in [5, 5.41) is 0. The average molecular weight is 178 g/mol. The van der Waals surface area contributed by atoms with E-state index >= 15 is 0 Å². The summed E-state index contributed by atoms with van der Waals surface area (Å²) in [6, 6.07) is 3.86. The molecule has 0 aliphatic rings. The van der Waals surface area contributed by atoms with E-state index in [4.69, 9.17) is 15.6 Å². The van der Waals surface area contributed by atoms with E-state index in [1.54, 1.807) is 0 Å². The van der Waals surface area contributed by atoms with Crippen molar-refractivity contribution in [2.24, 2.45) is 0 Å². The molecule has 1 unspecified atom stereocenters.